The van der Waals surface area contributed by atoms with E-state index in [0.29, 0.717) is 11.2 Å². The summed E-state index contributed by atoms with van der Waals surface area (Å²) in [6.45, 7) is 7.51. The van der Waals surface area contributed by atoms with Gasteiger partial charge in [0.15, 0.2) is 0 Å². The molecule has 3 aromatic rings. The van der Waals surface area contributed by atoms with Crippen molar-refractivity contribution in [3.05, 3.63) is 64.6 Å². The molecule has 1 heterocycles. The lowest BCUT2D eigenvalue weighted by atomic mass is 10.0. The Hall–Kier alpha value is -2.86. The lowest BCUT2D eigenvalue weighted by Crippen LogP contribution is -2.27. The monoisotopic (exact) mass is 469 g/mol. The maximum atomic E-state index is 13.2. The van der Waals surface area contributed by atoms with Crippen LogP contribution in [-0.2, 0) is 14.3 Å². The number of ether oxygens (including phenoxy) is 2. The molecule has 0 amide bonds. The van der Waals surface area contributed by atoms with Gasteiger partial charge in [0.2, 0.25) is 0 Å². The Morgan fingerprint density at radius 3 is 2.30 bits per heavy atom. The van der Waals surface area contributed by atoms with Crippen LogP contribution in [0.3, 0.4) is 0 Å². The molecule has 1 aromatic heterocycles. The van der Waals surface area contributed by atoms with Crippen molar-refractivity contribution in [2.45, 2.75) is 33.3 Å². The second-order valence-corrected chi connectivity index (χ2v) is 8.53. The fraction of sp³-hybridized carbons (Fsp3) is 0.250. The molecular weight excluding hydrogens is 446 g/mol. The largest absolute Gasteiger partial charge is 0.462 e. The molecule has 0 bridgehead atoms. The molecule has 30 heavy (non-hydrogen) atoms. The standard InChI is InChI=1S/C24H24BrNO4/c1-5-29-22(27)19(25)15-18-17-13-9-10-14-20(17)26(23(28)30-24(2,3)4)21(18)16-11-7-6-8-12-16/h6-15H,5H2,1-4H3. The van der Waals surface area contributed by atoms with E-state index in [9.17, 15) is 9.59 Å². The van der Waals surface area contributed by atoms with E-state index in [2.05, 4.69) is 15.9 Å². The van der Waals surface area contributed by atoms with E-state index in [4.69, 9.17) is 9.47 Å². The van der Waals surface area contributed by atoms with Gasteiger partial charge in [-0.1, -0.05) is 48.5 Å². The van der Waals surface area contributed by atoms with E-state index in [-0.39, 0.29) is 11.1 Å². The number of halogens is 1. The number of benzene rings is 2. The predicted molar refractivity (Wildman–Crippen MR) is 123 cm³/mol. The predicted octanol–water partition coefficient (Wildman–Crippen LogP) is 6.39. The third-order valence-electron chi connectivity index (χ3n) is 4.28. The van der Waals surface area contributed by atoms with Gasteiger partial charge in [-0.25, -0.2) is 14.2 Å². The smallest absolute Gasteiger partial charge is 0.419 e. The highest BCUT2D eigenvalue weighted by molar-refractivity contribution is 9.12. The summed E-state index contributed by atoms with van der Waals surface area (Å²) in [5.74, 6) is -0.467. The summed E-state index contributed by atoms with van der Waals surface area (Å²) in [6, 6.07) is 17.1. The van der Waals surface area contributed by atoms with Crippen LogP contribution in [0.5, 0.6) is 0 Å². The van der Waals surface area contributed by atoms with Crippen molar-refractivity contribution in [1.29, 1.82) is 0 Å². The van der Waals surface area contributed by atoms with E-state index >= 15 is 0 Å². The number of fused-ring (bicyclic) bond motifs is 1. The SMILES string of the molecule is CCOC(=O)C(Br)=Cc1c(-c2ccccc2)n(C(=O)OC(C)(C)C)c2ccccc12. The maximum Gasteiger partial charge on any atom is 0.419 e. The van der Waals surface area contributed by atoms with Gasteiger partial charge in [-0.05, 0) is 61.3 Å². The average molecular weight is 470 g/mol. The molecule has 156 valence electrons. The molecule has 0 radical (unpaired) electrons. The quantitative estimate of drug-likeness (QED) is 0.328. The molecule has 3 rings (SSSR count). The van der Waals surface area contributed by atoms with Crippen LogP contribution >= 0.6 is 15.9 Å². The molecule has 0 aliphatic rings. The number of rotatable bonds is 4. The second-order valence-electron chi connectivity index (χ2n) is 7.67. The van der Waals surface area contributed by atoms with Crippen LogP contribution in [0.1, 0.15) is 33.3 Å². The summed E-state index contributed by atoms with van der Waals surface area (Å²) in [7, 11) is 0. The molecule has 0 aliphatic carbocycles. The number of nitrogens with zero attached hydrogens (tertiary/aromatic N) is 1. The van der Waals surface area contributed by atoms with Crippen LogP contribution in [-0.4, -0.2) is 28.8 Å². The minimum atomic E-state index is -0.655. The van der Waals surface area contributed by atoms with Gasteiger partial charge in [0.05, 0.1) is 17.8 Å². The van der Waals surface area contributed by atoms with Crippen molar-refractivity contribution >= 4 is 45.0 Å². The first kappa shape index (κ1) is 21.8. The third kappa shape index (κ3) is 4.65. The van der Waals surface area contributed by atoms with Crippen molar-refractivity contribution < 1.29 is 19.1 Å². The molecule has 6 heteroatoms. The fourth-order valence-electron chi connectivity index (χ4n) is 3.17. The zero-order valence-electron chi connectivity index (χ0n) is 17.4. The van der Waals surface area contributed by atoms with E-state index < -0.39 is 17.7 Å². The van der Waals surface area contributed by atoms with Gasteiger partial charge < -0.3 is 9.47 Å². The summed E-state index contributed by atoms with van der Waals surface area (Å²) in [6.07, 6.45) is 1.22. The van der Waals surface area contributed by atoms with Gasteiger partial charge in [-0.2, -0.15) is 0 Å². The Morgan fingerprint density at radius 2 is 1.67 bits per heavy atom. The lowest BCUT2D eigenvalue weighted by molar-refractivity contribution is -0.137. The van der Waals surface area contributed by atoms with Gasteiger partial charge in [-0.3, -0.25) is 0 Å². The third-order valence-corrected chi connectivity index (χ3v) is 4.83. The number of carbonyl (C=O) groups excluding carboxylic acids is 2. The van der Waals surface area contributed by atoms with Gasteiger partial charge in [-0.15, -0.1) is 0 Å². The molecule has 0 atom stereocenters. The van der Waals surface area contributed by atoms with E-state index in [1.807, 2.05) is 75.4 Å². The highest BCUT2D eigenvalue weighted by Gasteiger charge is 2.26. The van der Waals surface area contributed by atoms with Gasteiger partial charge >= 0.3 is 12.1 Å². The van der Waals surface area contributed by atoms with Crippen molar-refractivity contribution in [1.82, 2.24) is 4.57 Å². The van der Waals surface area contributed by atoms with Crippen LogP contribution in [0, 0.1) is 0 Å². The molecule has 0 saturated heterocycles. The van der Waals surface area contributed by atoms with Crippen molar-refractivity contribution in [2.75, 3.05) is 6.61 Å². The Balaban J connectivity index is 2.34. The number of hydrogen-bond acceptors (Lipinski definition) is 4. The Morgan fingerprint density at radius 1 is 1.03 bits per heavy atom. The first-order valence-corrected chi connectivity index (χ1v) is 10.5. The Labute approximate surface area is 184 Å². The summed E-state index contributed by atoms with van der Waals surface area (Å²) >= 11 is 3.33. The summed E-state index contributed by atoms with van der Waals surface area (Å²) in [5.41, 5.74) is 2.24. The number of esters is 1. The van der Waals surface area contributed by atoms with E-state index in [1.165, 1.54) is 0 Å². The van der Waals surface area contributed by atoms with Crippen LogP contribution in [0.4, 0.5) is 4.79 Å². The molecule has 0 spiro atoms. The summed E-state index contributed by atoms with van der Waals surface area (Å²) in [4.78, 5) is 25.4. The summed E-state index contributed by atoms with van der Waals surface area (Å²) in [5, 5.41) is 0.823. The Kier molecular flexibility index (Phi) is 6.46. The number of carbonyl (C=O) groups is 2. The molecule has 2 aromatic carbocycles. The van der Waals surface area contributed by atoms with E-state index in [1.54, 1.807) is 17.6 Å². The fourth-order valence-corrected chi connectivity index (χ4v) is 3.52. The van der Waals surface area contributed by atoms with Crippen LogP contribution in [0.25, 0.3) is 28.2 Å². The lowest BCUT2D eigenvalue weighted by Gasteiger charge is -2.21. The minimum absolute atomic E-state index is 0.271. The van der Waals surface area contributed by atoms with Gasteiger partial charge in [0.1, 0.15) is 10.1 Å². The highest BCUT2D eigenvalue weighted by Crippen LogP contribution is 2.36. The first-order chi connectivity index (χ1) is 14.2. The minimum Gasteiger partial charge on any atom is -0.462 e. The van der Waals surface area contributed by atoms with Crippen LogP contribution in [0.15, 0.2) is 59.1 Å². The molecule has 0 saturated carbocycles. The van der Waals surface area contributed by atoms with Crippen molar-refractivity contribution in [2.24, 2.45) is 0 Å². The molecule has 5 nitrogen and oxygen atoms in total. The highest BCUT2D eigenvalue weighted by atomic mass is 79.9. The molecule has 0 aliphatic heterocycles. The number of aromatic nitrogens is 1. The second kappa shape index (κ2) is 8.88. The molecule has 0 N–H and O–H groups in total. The zero-order chi connectivity index (χ0) is 21.9. The normalized spacial score (nSPS) is 12.1. The van der Waals surface area contributed by atoms with Gasteiger partial charge in [0.25, 0.3) is 0 Å². The summed E-state index contributed by atoms with van der Waals surface area (Å²) < 4.78 is 12.6. The Bertz CT molecular complexity index is 1110. The molecule has 0 fully saturated rings. The first-order valence-electron chi connectivity index (χ1n) is 9.69. The number of para-hydroxylation sites is 1. The van der Waals surface area contributed by atoms with Crippen LogP contribution < -0.4 is 0 Å². The zero-order valence-corrected chi connectivity index (χ0v) is 19.0. The van der Waals surface area contributed by atoms with Crippen molar-refractivity contribution in [3.63, 3.8) is 0 Å². The molecule has 0 unspecified atom stereocenters. The van der Waals surface area contributed by atoms with Crippen LogP contribution in [0.2, 0.25) is 0 Å². The number of hydrogen-bond donors (Lipinski definition) is 0. The maximum absolute atomic E-state index is 13.2. The topological polar surface area (TPSA) is 57.5 Å². The van der Waals surface area contributed by atoms with Crippen molar-refractivity contribution in [3.8, 4) is 11.3 Å². The average Bonchev–Trinajstić information content (AvgIpc) is 3.02. The van der Waals surface area contributed by atoms with E-state index in [0.717, 1.165) is 16.5 Å². The van der Waals surface area contributed by atoms with Gasteiger partial charge in [0, 0.05) is 10.9 Å². The molecular formula is C24H24BrNO4.